The summed E-state index contributed by atoms with van der Waals surface area (Å²) in [6.07, 6.45) is 1.72. The van der Waals surface area contributed by atoms with E-state index in [9.17, 15) is 4.79 Å². The van der Waals surface area contributed by atoms with E-state index in [0.717, 1.165) is 28.2 Å². The fourth-order valence-corrected chi connectivity index (χ4v) is 4.49. The Labute approximate surface area is 173 Å². The number of methoxy groups -OCH3 is 1. The van der Waals surface area contributed by atoms with Gasteiger partial charge in [-0.15, -0.1) is 0 Å². The van der Waals surface area contributed by atoms with Gasteiger partial charge in [-0.3, -0.25) is 9.78 Å². The highest BCUT2D eigenvalue weighted by atomic mass is 32.2. The molecule has 2 aromatic carbocycles. The van der Waals surface area contributed by atoms with Crippen molar-refractivity contribution in [3.05, 3.63) is 70.5 Å². The third kappa shape index (κ3) is 4.37. The Bertz CT molecular complexity index is 1040. The van der Waals surface area contributed by atoms with Crippen molar-refractivity contribution in [2.24, 2.45) is 0 Å². The fraction of sp³-hybridized carbons (Fsp3) is 0.273. The number of aromatic nitrogens is 2. The van der Waals surface area contributed by atoms with Crippen LogP contribution in [0.15, 0.2) is 69.2 Å². The fourth-order valence-electron chi connectivity index (χ4n) is 3.61. The maximum absolute atomic E-state index is 11.6. The zero-order valence-corrected chi connectivity index (χ0v) is 17.0. The second-order valence-electron chi connectivity index (χ2n) is 6.98. The number of benzene rings is 2. The second kappa shape index (κ2) is 8.41. The maximum atomic E-state index is 11.6. The van der Waals surface area contributed by atoms with Crippen LogP contribution in [0.5, 0.6) is 0 Å². The third-order valence-electron chi connectivity index (χ3n) is 5.20. The van der Waals surface area contributed by atoms with E-state index in [1.807, 2.05) is 24.3 Å². The molecule has 150 valence electrons. The summed E-state index contributed by atoms with van der Waals surface area (Å²) in [5.74, 6) is 0.114. The van der Waals surface area contributed by atoms with E-state index in [4.69, 9.17) is 15.2 Å². The lowest BCUT2D eigenvalue weighted by Gasteiger charge is -2.36. The van der Waals surface area contributed by atoms with Crippen LogP contribution in [0.4, 0.5) is 5.95 Å². The van der Waals surface area contributed by atoms with Crippen LogP contribution in [-0.2, 0) is 15.1 Å². The van der Waals surface area contributed by atoms with Gasteiger partial charge in [-0.1, -0.05) is 36.0 Å². The van der Waals surface area contributed by atoms with Gasteiger partial charge in [0.05, 0.1) is 11.3 Å². The zero-order chi connectivity index (χ0) is 20.3. The van der Waals surface area contributed by atoms with E-state index in [1.165, 1.54) is 11.6 Å². The molecule has 1 aromatic heterocycles. The summed E-state index contributed by atoms with van der Waals surface area (Å²) in [4.78, 5) is 20.5. The van der Waals surface area contributed by atoms with Gasteiger partial charge in [0.25, 0.3) is 5.56 Å². The molecular weight excluding hydrogens is 386 g/mol. The molecule has 0 amide bonds. The number of rotatable bonds is 5. The maximum Gasteiger partial charge on any atom is 0.252 e. The number of aromatic amines is 1. The normalized spacial score (nSPS) is 15.9. The molecule has 0 radical (unpaired) electrons. The standard InChI is InChI=1S/C22H23N3O3S/c1-27-22(9-11-28-12-10-22)16-3-2-4-18(13-16)29-17-7-5-15(6-8-17)19-14-20(26)25-21(23)24-19/h2-8,13-14H,9-12H2,1H3,(H3,23,24,25,26). The first kappa shape index (κ1) is 19.7. The van der Waals surface area contributed by atoms with Gasteiger partial charge in [0.15, 0.2) is 0 Å². The minimum atomic E-state index is -0.273. The highest BCUT2D eigenvalue weighted by Gasteiger charge is 2.34. The molecule has 6 nitrogen and oxygen atoms in total. The van der Waals surface area contributed by atoms with Crippen LogP contribution in [0.25, 0.3) is 11.3 Å². The van der Waals surface area contributed by atoms with Crippen molar-refractivity contribution < 1.29 is 9.47 Å². The van der Waals surface area contributed by atoms with Crippen molar-refractivity contribution in [2.75, 3.05) is 26.1 Å². The Morgan fingerprint density at radius 3 is 2.55 bits per heavy atom. The lowest BCUT2D eigenvalue weighted by Crippen LogP contribution is -2.35. The van der Waals surface area contributed by atoms with Crippen LogP contribution in [-0.4, -0.2) is 30.3 Å². The SMILES string of the molecule is COC1(c2cccc(Sc3ccc(-c4cc(=O)[nH]c(N)n4)cc3)c2)CCOCC1. The van der Waals surface area contributed by atoms with Crippen LogP contribution >= 0.6 is 11.8 Å². The molecule has 0 spiro atoms. The number of nitrogens with one attached hydrogen (secondary N) is 1. The molecule has 2 heterocycles. The molecule has 3 N–H and O–H groups in total. The number of nitrogens with two attached hydrogens (primary N) is 1. The van der Waals surface area contributed by atoms with Crippen molar-refractivity contribution in [3.63, 3.8) is 0 Å². The summed E-state index contributed by atoms with van der Waals surface area (Å²) in [5.41, 5.74) is 7.70. The number of ether oxygens (including phenoxy) is 2. The Kier molecular flexibility index (Phi) is 5.71. The first-order valence-electron chi connectivity index (χ1n) is 9.47. The van der Waals surface area contributed by atoms with Crippen molar-refractivity contribution in [2.45, 2.75) is 28.2 Å². The summed E-state index contributed by atoms with van der Waals surface area (Å²) in [5, 5.41) is 0. The van der Waals surface area contributed by atoms with Gasteiger partial charge < -0.3 is 15.2 Å². The van der Waals surface area contributed by atoms with E-state index >= 15 is 0 Å². The predicted octanol–water partition coefficient (Wildman–Crippen LogP) is 3.82. The number of nitrogens with zero attached hydrogens (tertiary/aromatic N) is 1. The van der Waals surface area contributed by atoms with E-state index in [2.05, 4.69) is 34.2 Å². The number of H-pyrrole nitrogens is 1. The van der Waals surface area contributed by atoms with Crippen molar-refractivity contribution in [1.82, 2.24) is 9.97 Å². The van der Waals surface area contributed by atoms with E-state index < -0.39 is 0 Å². The molecule has 0 bridgehead atoms. The second-order valence-corrected chi connectivity index (χ2v) is 8.13. The Balaban J connectivity index is 1.54. The van der Waals surface area contributed by atoms with Gasteiger partial charge in [-0.05, 0) is 29.8 Å². The lowest BCUT2D eigenvalue weighted by molar-refractivity contribution is -0.0948. The van der Waals surface area contributed by atoms with Crippen molar-refractivity contribution >= 4 is 17.7 Å². The molecule has 29 heavy (non-hydrogen) atoms. The van der Waals surface area contributed by atoms with Crippen LogP contribution in [0, 0.1) is 0 Å². The topological polar surface area (TPSA) is 90.2 Å². The molecule has 3 aromatic rings. The molecular formula is C22H23N3O3S. The third-order valence-corrected chi connectivity index (χ3v) is 6.19. The van der Waals surface area contributed by atoms with Gasteiger partial charge in [-0.2, -0.15) is 0 Å². The summed E-state index contributed by atoms with van der Waals surface area (Å²) < 4.78 is 11.4. The quantitative estimate of drug-likeness (QED) is 0.666. The first-order valence-corrected chi connectivity index (χ1v) is 10.3. The van der Waals surface area contributed by atoms with Crippen molar-refractivity contribution in [1.29, 1.82) is 0 Å². The average Bonchev–Trinajstić information content (AvgIpc) is 2.74. The van der Waals surface area contributed by atoms with Crippen molar-refractivity contribution in [3.8, 4) is 11.3 Å². The molecule has 1 fully saturated rings. The first-order chi connectivity index (χ1) is 14.1. The summed E-state index contributed by atoms with van der Waals surface area (Å²) in [6, 6.07) is 17.9. The monoisotopic (exact) mass is 409 g/mol. The van der Waals surface area contributed by atoms with E-state index in [1.54, 1.807) is 18.9 Å². The number of nitrogen functional groups attached to an aromatic ring is 1. The average molecular weight is 410 g/mol. The smallest absolute Gasteiger partial charge is 0.252 e. The van der Waals surface area contributed by atoms with Crippen LogP contribution < -0.4 is 11.3 Å². The van der Waals surface area contributed by atoms with Gasteiger partial charge in [0.1, 0.15) is 0 Å². The number of hydrogen-bond donors (Lipinski definition) is 2. The minimum Gasteiger partial charge on any atom is -0.381 e. The zero-order valence-electron chi connectivity index (χ0n) is 16.2. The Morgan fingerprint density at radius 1 is 1.10 bits per heavy atom. The summed E-state index contributed by atoms with van der Waals surface area (Å²) >= 11 is 1.69. The molecule has 0 saturated carbocycles. The Hall–Kier alpha value is -2.61. The molecule has 0 unspecified atom stereocenters. The van der Waals surface area contributed by atoms with Crippen LogP contribution in [0.2, 0.25) is 0 Å². The lowest BCUT2D eigenvalue weighted by atomic mass is 9.86. The van der Waals surface area contributed by atoms with Crippen LogP contribution in [0.1, 0.15) is 18.4 Å². The van der Waals surface area contributed by atoms with E-state index in [-0.39, 0.29) is 17.1 Å². The molecule has 0 atom stereocenters. The van der Waals surface area contributed by atoms with Gasteiger partial charge in [0.2, 0.25) is 5.95 Å². The van der Waals surface area contributed by atoms with E-state index in [0.29, 0.717) is 18.9 Å². The molecule has 4 rings (SSSR count). The summed E-state index contributed by atoms with van der Waals surface area (Å²) in [7, 11) is 1.78. The largest absolute Gasteiger partial charge is 0.381 e. The summed E-state index contributed by atoms with van der Waals surface area (Å²) in [6.45, 7) is 1.43. The molecule has 1 saturated heterocycles. The molecule has 7 heteroatoms. The van der Waals surface area contributed by atoms with Gasteiger partial charge >= 0.3 is 0 Å². The minimum absolute atomic E-state index is 0.114. The number of hydrogen-bond acceptors (Lipinski definition) is 6. The number of anilines is 1. The van der Waals surface area contributed by atoms with Gasteiger partial charge in [0, 0.05) is 54.6 Å². The highest BCUT2D eigenvalue weighted by Crippen LogP contribution is 2.38. The van der Waals surface area contributed by atoms with Gasteiger partial charge in [-0.25, -0.2) is 4.98 Å². The van der Waals surface area contributed by atoms with Crippen LogP contribution in [0.3, 0.4) is 0 Å². The molecule has 1 aliphatic heterocycles. The highest BCUT2D eigenvalue weighted by molar-refractivity contribution is 7.99. The molecule has 1 aliphatic rings. The molecule has 0 aliphatic carbocycles. The Morgan fingerprint density at radius 2 is 1.86 bits per heavy atom. The predicted molar refractivity (Wildman–Crippen MR) is 114 cm³/mol.